The minimum absolute atomic E-state index is 0.137. The minimum atomic E-state index is -1.71. The maximum absolute atomic E-state index is 10.2. The Labute approximate surface area is 118 Å². The SMILES string of the molecule is Nc1ncnc2c1ncn2C1(CO)OCC(O)C(O)C1O. The van der Waals surface area contributed by atoms with E-state index in [9.17, 15) is 20.4 Å². The molecule has 0 aliphatic carbocycles. The Morgan fingerprint density at radius 1 is 1.33 bits per heavy atom. The van der Waals surface area contributed by atoms with Gasteiger partial charge >= 0.3 is 0 Å². The van der Waals surface area contributed by atoms with Crippen LogP contribution in [-0.2, 0) is 10.5 Å². The van der Waals surface area contributed by atoms with E-state index in [4.69, 9.17) is 10.5 Å². The van der Waals surface area contributed by atoms with Gasteiger partial charge in [-0.3, -0.25) is 4.57 Å². The molecule has 10 nitrogen and oxygen atoms in total. The van der Waals surface area contributed by atoms with Crippen LogP contribution in [0.15, 0.2) is 12.7 Å². The van der Waals surface area contributed by atoms with Crippen LogP contribution in [0.5, 0.6) is 0 Å². The molecule has 21 heavy (non-hydrogen) atoms. The molecule has 1 saturated heterocycles. The Morgan fingerprint density at radius 2 is 2.10 bits per heavy atom. The zero-order chi connectivity index (χ0) is 15.2. The van der Waals surface area contributed by atoms with Crippen molar-refractivity contribution >= 4 is 17.0 Å². The Kier molecular flexibility index (Phi) is 3.26. The maximum Gasteiger partial charge on any atom is 0.199 e. The van der Waals surface area contributed by atoms with Gasteiger partial charge < -0.3 is 30.9 Å². The number of nitrogen functional groups attached to an aromatic ring is 1. The third kappa shape index (κ3) is 1.88. The fourth-order valence-corrected chi connectivity index (χ4v) is 2.45. The number of nitrogens with two attached hydrogens (primary N) is 1. The van der Waals surface area contributed by atoms with Gasteiger partial charge in [0.25, 0.3) is 0 Å². The van der Waals surface area contributed by atoms with Gasteiger partial charge in [0.15, 0.2) is 17.2 Å². The summed E-state index contributed by atoms with van der Waals surface area (Å²) >= 11 is 0. The molecule has 1 aliphatic heterocycles. The van der Waals surface area contributed by atoms with Gasteiger partial charge in [0.1, 0.15) is 30.2 Å². The number of nitrogens with zero attached hydrogens (tertiary/aromatic N) is 4. The molecule has 0 radical (unpaired) electrons. The third-order valence-corrected chi connectivity index (χ3v) is 3.68. The predicted molar refractivity (Wildman–Crippen MR) is 68.8 cm³/mol. The summed E-state index contributed by atoms with van der Waals surface area (Å²) in [6.45, 7) is -0.924. The number of aliphatic hydroxyl groups excluding tert-OH is 4. The number of imidazole rings is 1. The Morgan fingerprint density at radius 3 is 2.81 bits per heavy atom. The Balaban J connectivity index is 2.16. The summed E-state index contributed by atoms with van der Waals surface area (Å²) in [5.74, 6) is 0.137. The van der Waals surface area contributed by atoms with Gasteiger partial charge in [-0.15, -0.1) is 0 Å². The van der Waals surface area contributed by atoms with Crippen molar-refractivity contribution in [2.45, 2.75) is 24.0 Å². The average Bonchev–Trinajstić information content (AvgIpc) is 2.92. The lowest BCUT2D eigenvalue weighted by Crippen LogP contribution is -2.63. The quantitative estimate of drug-likeness (QED) is 0.393. The minimum Gasteiger partial charge on any atom is -0.391 e. The number of anilines is 1. The van der Waals surface area contributed by atoms with E-state index in [1.54, 1.807) is 0 Å². The van der Waals surface area contributed by atoms with E-state index in [-0.39, 0.29) is 23.6 Å². The standard InChI is InChI=1S/C11H15N5O5/c12-9-6-10(14-3-13-9)16(4-15-6)11(2-17)8(20)7(19)5(18)1-21-11/h3-5,7-8,17-20H,1-2H2,(H2,12,13,14). The van der Waals surface area contributed by atoms with Crippen LogP contribution >= 0.6 is 0 Å². The summed E-state index contributed by atoms with van der Waals surface area (Å²) < 4.78 is 6.69. The molecule has 3 rings (SSSR count). The number of hydrogen-bond donors (Lipinski definition) is 5. The molecule has 10 heteroatoms. The molecule has 3 heterocycles. The molecular weight excluding hydrogens is 282 g/mol. The topological polar surface area (TPSA) is 160 Å². The number of fused-ring (bicyclic) bond motifs is 1. The third-order valence-electron chi connectivity index (χ3n) is 3.68. The largest absolute Gasteiger partial charge is 0.391 e. The van der Waals surface area contributed by atoms with Crippen molar-refractivity contribution < 1.29 is 25.2 Å². The molecule has 2 aromatic heterocycles. The number of ether oxygens (including phenoxy) is 1. The van der Waals surface area contributed by atoms with Gasteiger partial charge in [0.2, 0.25) is 0 Å². The molecule has 1 aliphatic rings. The fraction of sp³-hybridized carbons (Fsp3) is 0.545. The molecule has 0 spiro atoms. The van der Waals surface area contributed by atoms with Crippen LogP contribution in [0.2, 0.25) is 0 Å². The number of aliphatic hydroxyl groups is 4. The highest BCUT2D eigenvalue weighted by molar-refractivity contribution is 5.81. The Bertz CT molecular complexity index is 663. The molecule has 4 unspecified atom stereocenters. The van der Waals surface area contributed by atoms with E-state index in [1.807, 2.05) is 0 Å². The highest BCUT2D eigenvalue weighted by atomic mass is 16.6. The van der Waals surface area contributed by atoms with Crippen molar-refractivity contribution in [1.82, 2.24) is 19.5 Å². The van der Waals surface area contributed by atoms with Crippen LogP contribution in [-0.4, -0.2) is 71.5 Å². The monoisotopic (exact) mass is 297 g/mol. The molecule has 0 saturated carbocycles. The average molecular weight is 297 g/mol. The van der Waals surface area contributed by atoms with Crippen molar-refractivity contribution in [1.29, 1.82) is 0 Å². The van der Waals surface area contributed by atoms with Gasteiger partial charge in [-0.25, -0.2) is 15.0 Å². The van der Waals surface area contributed by atoms with Gasteiger partial charge in [-0.1, -0.05) is 0 Å². The van der Waals surface area contributed by atoms with Crippen LogP contribution in [0.25, 0.3) is 11.2 Å². The number of aromatic nitrogens is 4. The van der Waals surface area contributed by atoms with Crippen LogP contribution in [0, 0.1) is 0 Å². The van der Waals surface area contributed by atoms with E-state index >= 15 is 0 Å². The van der Waals surface area contributed by atoms with Gasteiger partial charge in [-0.2, -0.15) is 0 Å². The van der Waals surface area contributed by atoms with Crippen molar-refractivity contribution in [3.8, 4) is 0 Å². The summed E-state index contributed by atoms with van der Waals surface area (Å²) in [5, 5.41) is 39.4. The second-order valence-corrected chi connectivity index (χ2v) is 4.86. The second kappa shape index (κ2) is 4.86. The van der Waals surface area contributed by atoms with E-state index in [0.717, 1.165) is 0 Å². The first-order chi connectivity index (χ1) is 10.0. The van der Waals surface area contributed by atoms with Crippen LogP contribution in [0.4, 0.5) is 5.82 Å². The van der Waals surface area contributed by atoms with Crippen LogP contribution < -0.4 is 5.73 Å². The molecule has 0 amide bonds. The first-order valence-corrected chi connectivity index (χ1v) is 6.24. The first kappa shape index (κ1) is 14.1. The molecule has 2 aromatic rings. The normalized spacial score (nSPS) is 33.4. The van der Waals surface area contributed by atoms with Gasteiger partial charge in [0.05, 0.1) is 19.5 Å². The lowest BCUT2D eigenvalue weighted by molar-refractivity contribution is -0.282. The van der Waals surface area contributed by atoms with E-state index in [1.165, 1.54) is 17.2 Å². The van der Waals surface area contributed by atoms with Crippen molar-refractivity contribution in [2.75, 3.05) is 18.9 Å². The van der Waals surface area contributed by atoms with Crippen molar-refractivity contribution in [3.05, 3.63) is 12.7 Å². The summed E-state index contributed by atoms with van der Waals surface area (Å²) in [6.07, 6.45) is -1.84. The van der Waals surface area contributed by atoms with Crippen LogP contribution in [0.3, 0.4) is 0 Å². The van der Waals surface area contributed by atoms with Crippen molar-refractivity contribution in [3.63, 3.8) is 0 Å². The Hall–Kier alpha value is -1.85. The second-order valence-electron chi connectivity index (χ2n) is 4.86. The van der Waals surface area contributed by atoms with Crippen LogP contribution in [0.1, 0.15) is 0 Å². The maximum atomic E-state index is 10.2. The highest BCUT2D eigenvalue weighted by Crippen LogP contribution is 2.33. The van der Waals surface area contributed by atoms with Gasteiger partial charge in [0, 0.05) is 0 Å². The lowest BCUT2D eigenvalue weighted by Gasteiger charge is -2.44. The fourth-order valence-electron chi connectivity index (χ4n) is 2.45. The molecule has 0 bridgehead atoms. The molecule has 1 fully saturated rings. The zero-order valence-corrected chi connectivity index (χ0v) is 10.9. The van der Waals surface area contributed by atoms with E-state index in [0.29, 0.717) is 0 Å². The number of hydrogen-bond acceptors (Lipinski definition) is 9. The molecule has 0 aromatic carbocycles. The predicted octanol–water partition coefficient (Wildman–Crippen LogP) is -2.83. The molecule has 4 atom stereocenters. The molecule has 6 N–H and O–H groups in total. The first-order valence-electron chi connectivity index (χ1n) is 6.24. The highest BCUT2D eigenvalue weighted by Gasteiger charge is 2.51. The van der Waals surface area contributed by atoms with Gasteiger partial charge in [-0.05, 0) is 0 Å². The van der Waals surface area contributed by atoms with E-state index < -0.39 is 30.6 Å². The van der Waals surface area contributed by atoms with E-state index in [2.05, 4.69) is 15.0 Å². The molecular formula is C11H15N5O5. The summed E-state index contributed by atoms with van der Waals surface area (Å²) in [5.41, 5.74) is 4.49. The summed E-state index contributed by atoms with van der Waals surface area (Å²) in [7, 11) is 0. The lowest BCUT2D eigenvalue weighted by atomic mass is 9.94. The zero-order valence-electron chi connectivity index (χ0n) is 10.9. The smallest absolute Gasteiger partial charge is 0.199 e. The summed E-state index contributed by atoms with van der Waals surface area (Å²) in [4.78, 5) is 11.8. The molecule has 114 valence electrons. The van der Waals surface area contributed by atoms with Crippen molar-refractivity contribution in [2.24, 2.45) is 0 Å². The number of rotatable bonds is 2. The summed E-state index contributed by atoms with van der Waals surface area (Å²) in [6, 6.07) is 0.